The van der Waals surface area contributed by atoms with E-state index in [2.05, 4.69) is 17.1 Å². The fourth-order valence-electron chi connectivity index (χ4n) is 2.98. The Morgan fingerprint density at radius 3 is 2.56 bits per heavy atom. The van der Waals surface area contributed by atoms with E-state index in [4.69, 9.17) is 0 Å². The molecule has 0 aromatic rings. The van der Waals surface area contributed by atoms with Crippen molar-refractivity contribution >= 4 is 0 Å². The highest BCUT2D eigenvalue weighted by atomic mass is 16.3. The lowest BCUT2D eigenvalue weighted by Crippen LogP contribution is -2.47. The third-order valence-corrected chi connectivity index (χ3v) is 4.17. The van der Waals surface area contributed by atoms with Crippen molar-refractivity contribution in [3.63, 3.8) is 0 Å². The molecule has 3 nitrogen and oxygen atoms in total. The molecule has 2 rings (SSSR count). The number of nitrogens with one attached hydrogen (secondary N) is 1. The van der Waals surface area contributed by atoms with E-state index in [1.54, 1.807) is 0 Å². The zero-order valence-electron chi connectivity index (χ0n) is 10.5. The Hall–Kier alpha value is -0.120. The summed E-state index contributed by atoms with van der Waals surface area (Å²) < 4.78 is 0. The Kier molecular flexibility index (Phi) is 4.62. The molecule has 1 unspecified atom stereocenters. The molecular weight excluding hydrogens is 200 g/mol. The highest BCUT2D eigenvalue weighted by Gasteiger charge is 2.24. The third kappa shape index (κ3) is 3.19. The summed E-state index contributed by atoms with van der Waals surface area (Å²) in [5.74, 6) is 0. The van der Waals surface area contributed by atoms with Gasteiger partial charge in [-0.05, 0) is 45.7 Å². The number of hydrogen-bond acceptors (Lipinski definition) is 3. The minimum absolute atomic E-state index is 0.112. The van der Waals surface area contributed by atoms with Crippen LogP contribution in [0.15, 0.2) is 0 Å². The van der Waals surface area contributed by atoms with Gasteiger partial charge in [0.2, 0.25) is 0 Å². The molecule has 0 spiro atoms. The smallest absolute Gasteiger partial charge is 0.0693 e. The van der Waals surface area contributed by atoms with Crippen LogP contribution in [-0.2, 0) is 0 Å². The van der Waals surface area contributed by atoms with Crippen molar-refractivity contribution in [2.45, 2.75) is 63.6 Å². The van der Waals surface area contributed by atoms with Crippen molar-refractivity contribution in [2.24, 2.45) is 0 Å². The summed E-state index contributed by atoms with van der Waals surface area (Å²) in [6, 6.07) is 0.968. The largest absolute Gasteiger partial charge is 0.392 e. The molecular formula is C13H26N2O. The zero-order chi connectivity index (χ0) is 11.4. The molecule has 3 atom stereocenters. The predicted molar refractivity (Wildman–Crippen MR) is 66.5 cm³/mol. The molecule has 1 heterocycles. The van der Waals surface area contributed by atoms with E-state index in [0.717, 1.165) is 19.4 Å². The molecule has 1 aliphatic heterocycles. The number of aliphatic hydroxyl groups excluding tert-OH is 1. The first-order chi connectivity index (χ1) is 7.77. The second kappa shape index (κ2) is 5.99. The maximum absolute atomic E-state index is 9.87. The van der Waals surface area contributed by atoms with Crippen LogP contribution in [0.3, 0.4) is 0 Å². The Bertz CT molecular complexity index is 204. The molecule has 2 N–H and O–H groups in total. The van der Waals surface area contributed by atoms with Gasteiger partial charge in [-0.2, -0.15) is 0 Å². The standard InChI is InChI=1S/C13H26N2O/c1-11(15-8-4-5-9-15)10-14-12-6-2-3-7-13(12)16/h11-14,16H,2-10H2,1H3/t11?,12-,13-/m1/s1. The molecule has 1 saturated heterocycles. The second-order valence-corrected chi connectivity index (χ2v) is 5.46. The van der Waals surface area contributed by atoms with Gasteiger partial charge in [-0.25, -0.2) is 0 Å². The number of nitrogens with zero attached hydrogens (tertiary/aromatic N) is 1. The molecule has 3 heteroatoms. The van der Waals surface area contributed by atoms with Gasteiger partial charge in [0.05, 0.1) is 6.10 Å². The van der Waals surface area contributed by atoms with Gasteiger partial charge in [-0.3, -0.25) is 4.90 Å². The molecule has 16 heavy (non-hydrogen) atoms. The molecule has 0 bridgehead atoms. The number of aliphatic hydroxyl groups is 1. The van der Waals surface area contributed by atoms with Crippen LogP contribution in [0.25, 0.3) is 0 Å². The van der Waals surface area contributed by atoms with E-state index in [1.807, 2.05) is 0 Å². The van der Waals surface area contributed by atoms with Gasteiger partial charge >= 0.3 is 0 Å². The van der Waals surface area contributed by atoms with Crippen LogP contribution in [0.5, 0.6) is 0 Å². The molecule has 2 fully saturated rings. The molecule has 0 aromatic carbocycles. The second-order valence-electron chi connectivity index (χ2n) is 5.46. The van der Waals surface area contributed by atoms with Gasteiger partial charge in [0.15, 0.2) is 0 Å². The Balaban J connectivity index is 1.69. The van der Waals surface area contributed by atoms with Crippen molar-refractivity contribution in [1.29, 1.82) is 0 Å². The minimum Gasteiger partial charge on any atom is -0.392 e. The van der Waals surface area contributed by atoms with Crippen LogP contribution >= 0.6 is 0 Å². The van der Waals surface area contributed by atoms with Crippen LogP contribution < -0.4 is 5.32 Å². The van der Waals surface area contributed by atoms with Gasteiger partial charge in [-0.15, -0.1) is 0 Å². The summed E-state index contributed by atoms with van der Waals surface area (Å²) in [5.41, 5.74) is 0. The zero-order valence-corrected chi connectivity index (χ0v) is 10.5. The van der Waals surface area contributed by atoms with Gasteiger partial charge in [-0.1, -0.05) is 12.8 Å². The molecule has 94 valence electrons. The number of rotatable bonds is 4. The SMILES string of the molecule is CC(CN[C@@H]1CCCC[C@H]1O)N1CCCC1. The van der Waals surface area contributed by atoms with E-state index in [9.17, 15) is 5.11 Å². The van der Waals surface area contributed by atoms with Gasteiger partial charge < -0.3 is 10.4 Å². The normalized spacial score (nSPS) is 34.1. The van der Waals surface area contributed by atoms with Crippen molar-refractivity contribution in [3.8, 4) is 0 Å². The maximum Gasteiger partial charge on any atom is 0.0693 e. The van der Waals surface area contributed by atoms with Crippen molar-refractivity contribution in [2.75, 3.05) is 19.6 Å². The summed E-state index contributed by atoms with van der Waals surface area (Å²) >= 11 is 0. The number of hydrogen-bond donors (Lipinski definition) is 2. The van der Waals surface area contributed by atoms with Crippen molar-refractivity contribution in [3.05, 3.63) is 0 Å². The van der Waals surface area contributed by atoms with Crippen LogP contribution in [-0.4, -0.2) is 47.8 Å². The summed E-state index contributed by atoms with van der Waals surface area (Å²) in [4.78, 5) is 2.56. The molecule has 0 radical (unpaired) electrons. The molecule has 0 amide bonds. The minimum atomic E-state index is -0.112. The summed E-state index contributed by atoms with van der Waals surface area (Å²) in [6.07, 6.45) is 7.20. The fraction of sp³-hybridized carbons (Fsp3) is 1.00. The number of likely N-dealkylation sites (tertiary alicyclic amines) is 1. The molecule has 2 aliphatic rings. The molecule has 1 aliphatic carbocycles. The molecule has 0 aromatic heterocycles. The quantitative estimate of drug-likeness (QED) is 0.760. The van der Waals surface area contributed by atoms with Crippen LogP contribution in [0.4, 0.5) is 0 Å². The first kappa shape index (κ1) is 12.3. The van der Waals surface area contributed by atoms with E-state index < -0.39 is 0 Å². The molecule has 1 saturated carbocycles. The van der Waals surface area contributed by atoms with Gasteiger partial charge in [0, 0.05) is 18.6 Å². The highest BCUT2D eigenvalue weighted by molar-refractivity contribution is 4.83. The van der Waals surface area contributed by atoms with E-state index >= 15 is 0 Å². The lowest BCUT2D eigenvalue weighted by molar-refractivity contribution is 0.0866. The van der Waals surface area contributed by atoms with E-state index in [1.165, 1.54) is 38.8 Å². The summed E-state index contributed by atoms with van der Waals surface area (Å²) in [6.45, 7) is 5.85. The van der Waals surface area contributed by atoms with Gasteiger partial charge in [0.1, 0.15) is 0 Å². The third-order valence-electron chi connectivity index (χ3n) is 4.17. The van der Waals surface area contributed by atoms with Crippen LogP contribution in [0.1, 0.15) is 45.4 Å². The Morgan fingerprint density at radius 1 is 1.19 bits per heavy atom. The first-order valence-electron chi connectivity index (χ1n) is 6.93. The van der Waals surface area contributed by atoms with Gasteiger partial charge in [0.25, 0.3) is 0 Å². The van der Waals surface area contributed by atoms with Crippen LogP contribution in [0.2, 0.25) is 0 Å². The van der Waals surface area contributed by atoms with Crippen molar-refractivity contribution < 1.29 is 5.11 Å². The van der Waals surface area contributed by atoms with E-state index in [0.29, 0.717) is 12.1 Å². The summed E-state index contributed by atoms with van der Waals surface area (Å²) in [5, 5.41) is 13.4. The average Bonchev–Trinajstić information content (AvgIpc) is 2.81. The van der Waals surface area contributed by atoms with Crippen LogP contribution in [0, 0.1) is 0 Å². The monoisotopic (exact) mass is 226 g/mol. The topological polar surface area (TPSA) is 35.5 Å². The van der Waals surface area contributed by atoms with Crippen molar-refractivity contribution in [1.82, 2.24) is 10.2 Å². The fourth-order valence-corrected chi connectivity index (χ4v) is 2.98. The lowest BCUT2D eigenvalue weighted by Gasteiger charge is -2.31. The predicted octanol–water partition coefficient (Wildman–Crippen LogP) is 1.36. The lowest BCUT2D eigenvalue weighted by atomic mass is 9.92. The highest BCUT2D eigenvalue weighted by Crippen LogP contribution is 2.18. The maximum atomic E-state index is 9.87. The Morgan fingerprint density at radius 2 is 1.88 bits per heavy atom. The summed E-state index contributed by atoms with van der Waals surface area (Å²) in [7, 11) is 0. The Labute approximate surface area is 99.2 Å². The average molecular weight is 226 g/mol. The van der Waals surface area contributed by atoms with E-state index in [-0.39, 0.29) is 6.10 Å². The first-order valence-corrected chi connectivity index (χ1v) is 6.93.